The van der Waals surface area contributed by atoms with Crippen LogP contribution in [0.4, 0.5) is 11.4 Å². The van der Waals surface area contributed by atoms with Gasteiger partial charge in [-0.25, -0.2) is 0 Å². The maximum atomic E-state index is 5.78. The lowest BCUT2D eigenvalue weighted by Crippen LogP contribution is -1.92. The molecular weight excluding hydrogens is 258 g/mol. The van der Waals surface area contributed by atoms with Crippen LogP contribution in [0.3, 0.4) is 0 Å². The van der Waals surface area contributed by atoms with Crippen molar-refractivity contribution in [3.8, 4) is 11.5 Å². The summed E-state index contributed by atoms with van der Waals surface area (Å²) in [4.78, 5) is 0. The van der Waals surface area contributed by atoms with Gasteiger partial charge in [-0.15, -0.1) is 0 Å². The lowest BCUT2D eigenvalue weighted by atomic mass is 10.2. The van der Waals surface area contributed by atoms with Gasteiger partial charge in [-0.2, -0.15) is 0 Å². The highest BCUT2D eigenvalue weighted by Crippen LogP contribution is 2.25. The number of hydrogen-bond acceptors (Lipinski definition) is 2. The van der Waals surface area contributed by atoms with E-state index < -0.39 is 0 Å². The Kier molecular flexibility index (Phi) is 3.88. The summed E-state index contributed by atoms with van der Waals surface area (Å²) in [5.41, 5.74) is 3.39. The molecule has 3 aromatic rings. The molecule has 0 saturated heterocycles. The van der Waals surface area contributed by atoms with Crippen molar-refractivity contribution >= 4 is 11.4 Å². The van der Waals surface area contributed by atoms with Gasteiger partial charge in [0, 0.05) is 11.4 Å². The molecule has 0 unspecified atom stereocenters. The fourth-order valence-electron chi connectivity index (χ4n) is 2.10. The van der Waals surface area contributed by atoms with Gasteiger partial charge in [-0.05, 0) is 55.0 Å². The average molecular weight is 275 g/mol. The lowest BCUT2D eigenvalue weighted by molar-refractivity contribution is 0.483. The third-order valence-electron chi connectivity index (χ3n) is 3.26. The molecule has 0 radical (unpaired) electrons. The van der Waals surface area contributed by atoms with Crippen LogP contribution >= 0.6 is 0 Å². The summed E-state index contributed by atoms with van der Waals surface area (Å²) in [5, 5.41) is 3.41. The second-order valence-corrected chi connectivity index (χ2v) is 4.88. The van der Waals surface area contributed by atoms with Crippen LogP contribution in [-0.2, 0) is 0 Å². The Morgan fingerprint density at radius 3 is 2.00 bits per heavy atom. The number of aryl methyl sites for hydroxylation is 1. The first-order valence-corrected chi connectivity index (χ1v) is 6.97. The van der Waals surface area contributed by atoms with E-state index in [1.165, 1.54) is 5.56 Å². The van der Waals surface area contributed by atoms with Crippen molar-refractivity contribution in [2.45, 2.75) is 6.92 Å². The molecule has 21 heavy (non-hydrogen) atoms. The molecular formula is C19H17NO. The van der Waals surface area contributed by atoms with Gasteiger partial charge in [-0.3, -0.25) is 0 Å². The van der Waals surface area contributed by atoms with Gasteiger partial charge in [0.05, 0.1) is 0 Å². The average Bonchev–Trinajstić information content (AvgIpc) is 2.52. The number of para-hydroxylation sites is 2. The second kappa shape index (κ2) is 6.14. The number of anilines is 2. The lowest BCUT2D eigenvalue weighted by Gasteiger charge is -2.10. The molecule has 2 nitrogen and oxygen atoms in total. The zero-order chi connectivity index (χ0) is 14.5. The smallest absolute Gasteiger partial charge is 0.127 e. The summed E-state index contributed by atoms with van der Waals surface area (Å²) >= 11 is 0. The van der Waals surface area contributed by atoms with E-state index in [2.05, 4.69) is 24.4 Å². The van der Waals surface area contributed by atoms with E-state index in [0.717, 1.165) is 22.9 Å². The van der Waals surface area contributed by atoms with E-state index in [9.17, 15) is 0 Å². The fraction of sp³-hybridized carbons (Fsp3) is 0.0526. The molecule has 2 heteroatoms. The van der Waals surface area contributed by atoms with Gasteiger partial charge in [0.1, 0.15) is 11.5 Å². The first kappa shape index (κ1) is 13.3. The van der Waals surface area contributed by atoms with Gasteiger partial charge < -0.3 is 10.1 Å². The largest absolute Gasteiger partial charge is 0.457 e. The van der Waals surface area contributed by atoms with Crippen molar-refractivity contribution in [2.75, 3.05) is 5.32 Å². The van der Waals surface area contributed by atoms with Crippen LogP contribution < -0.4 is 10.1 Å². The number of hydrogen-bond donors (Lipinski definition) is 1. The Labute approximate surface area is 125 Å². The van der Waals surface area contributed by atoms with Gasteiger partial charge in [0.15, 0.2) is 0 Å². The van der Waals surface area contributed by atoms with Crippen molar-refractivity contribution in [3.63, 3.8) is 0 Å². The highest BCUT2D eigenvalue weighted by atomic mass is 16.5. The number of rotatable bonds is 4. The Balaban J connectivity index is 1.71. The van der Waals surface area contributed by atoms with Crippen LogP contribution in [0.25, 0.3) is 0 Å². The van der Waals surface area contributed by atoms with Crippen LogP contribution in [0, 0.1) is 6.92 Å². The normalized spacial score (nSPS) is 10.1. The van der Waals surface area contributed by atoms with Gasteiger partial charge in [0.2, 0.25) is 0 Å². The minimum Gasteiger partial charge on any atom is -0.457 e. The molecule has 0 aliphatic heterocycles. The molecule has 0 amide bonds. The van der Waals surface area contributed by atoms with Crippen molar-refractivity contribution in [3.05, 3.63) is 84.4 Å². The molecule has 104 valence electrons. The third-order valence-corrected chi connectivity index (χ3v) is 3.26. The Bertz CT molecular complexity index is 705. The van der Waals surface area contributed by atoms with E-state index in [1.807, 2.05) is 66.7 Å². The molecule has 0 spiro atoms. The number of nitrogens with one attached hydrogen (secondary N) is 1. The molecule has 0 bridgehead atoms. The predicted molar refractivity (Wildman–Crippen MR) is 87.4 cm³/mol. The van der Waals surface area contributed by atoms with Gasteiger partial charge in [0.25, 0.3) is 0 Å². The van der Waals surface area contributed by atoms with Gasteiger partial charge >= 0.3 is 0 Å². The summed E-state index contributed by atoms with van der Waals surface area (Å²) < 4.78 is 5.78. The van der Waals surface area contributed by atoms with Crippen molar-refractivity contribution in [1.82, 2.24) is 0 Å². The first-order valence-electron chi connectivity index (χ1n) is 6.97. The molecule has 0 aliphatic rings. The van der Waals surface area contributed by atoms with E-state index in [1.54, 1.807) is 0 Å². The summed E-state index contributed by atoms with van der Waals surface area (Å²) in [6.45, 7) is 2.09. The topological polar surface area (TPSA) is 21.3 Å². The molecule has 0 atom stereocenters. The monoisotopic (exact) mass is 275 g/mol. The maximum absolute atomic E-state index is 5.78. The van der Waals surface area contributed by atoms with E-state index >= 15 is 0 Å². The van der Waals surface area contributed by atoms with E-state index in [-0.39, 0.29) is 0 Å². The van der Waals surface area contributed by atoms with E-state index in [0.29, 0.717) is 0 Å². The SMILES string of the molecule is Cc1ccccc1Nc1ccc(Oc2ccccc2)cc1. The highest BCUT2D eigenvalue weighted by Gasteiger charge is 2.00. The summed E-state index contributed by atoms with van der Waals surface area (Å²) in [6, 6.07) is 26.0. The quantitative estimate of drug-likeness (QED) is 0.675. The summed E-state index contributed by atoms with van der Waals surface area (Å²) in [7, 11) is 0. The summed E-state index contributed by atoms with van der Waals surface area (Å²) in [6.07, 6.45) is 0. The molecule has 0 aromatic heterocycles. The van der Waals surface area contributed by atoms with Crippen molar-refractivity contribution < 1.29 is 4.74 Å². The first-order chi connectivity index (χ1) is 10.3. The molecule has 0 fully saturated rings. The van der Waals surface area contributed by atoms with Crippen LogP contribution in [0.1, 0.15) is 5.56 Å². The maximum Gasteiger partial charge on any atom is 0.127 e. The standard InChI is InChI=1S/C19H17NO/c1-15-7-5-6-10-19(15)20-16-11-13-18(14-12-16)21-17-8-3-2-4-9-17/h2-14,20H,1H3. The molecule has 1 N–H and O–H groups in total. The van der Waals surface area contributed by atoms with Crippen LogP contribution in [-0.4, -0.2) is 0 Å². The molecule has 0 saturated carbocycles. The van der Waals surface area contributed by atoms with Crippen LogP contribution in [0.5, 0.6) is 11.5 Å². The van der Waals surface area contributed by atoms with Crippen molar-refractivity contribution in [1.29, 1.82) is 0 Å². The third kappa shape index (κ3) is 3.42. The minimum atomic E-state index is 0.830. The fourth-order valence-corrected chi connectivity index (χ4v) is 2.10. The Morgan fingerprint density at radius 1 is 0.667 bits per heavy atom. The predicted octanol–water partition coefficient (Wildman–Crippen LogP) is 5.53. The zero-order valence-corrected chi connectivity index (χ0v) is 11.9. The second-order valence-electron chi connectivity index (χ2n) is 4.88. The Morgan fingerprint density at radius 2 is 1.29 bits per heavy atom. The molecule has 0 aliphatic carbocycles. The van der Waals surface area contributed by atoms with Crippen LogP contribution in [0.2, 0.25) is 0 Å². The molecule has 0 heterocycles. The van der Waals surface area contributed by atoms with Crippen LogP contribution in [0.15, 0.2) is 78.9 Å². The van der Waals surface area contributed by atoms with E-state index in [4.69, 9.17) is 4.74 Å². The Hall–Kier alpha value is -2.74. The molecule has 3 aromatic carbocycles. The highest BCUT2D eigenvalue weighted by molar-refractivity contribution is 5.63. The van der Waals surface area contributed by atoms with Gasteiger partial charge in [-0.1, -0.05) is 36.4 Å². The van der Waals surface area contributed by atoms with Crippen molar-refractivity contribution in [2.24, 2.45) is 0 Å². The zero-order valence-electron chi connectivity index (χ0n) is 11.9. The number of ether oxygens (including phenoxy) is 1. The summed E-state index contributed by atoms with van der Waals surface area (Å²) in [5.74, 6) is 1.67. The number of benzene rings is 3. The minimum absolute atomic E-state index is 0.830. The molecule has 3 rings (SSSR count).